The molecular formula is C14H22BrN3O. The summed E-state index contributed by atoms with van der Waals surface area (Å²) in [6, 6.07) is 4.15. The second-order valence-electron chi connectivity index (χ2n) is 4.94. The summed E-state index contributed by atoms with van der Waals surface area (Å²) in [5.74, 6) is 1.07. The molecule has 1 aliphatic heterocycles. The van der Waals surface area contributed by atoms with E-state index >= 15 is 0 Å². The number of aryl methyl sites for hydroxylation is 1. The number of anilines is 1. The van der Waals surface area contributed by atoms with Gasteiger partial charge in [-0.25, -0.2) is 4.98 Å². The van der Waals surface area contributed by atoms with E-state index in [0.29, 0.717) is 12.6 Å². The summed E-state index contributed by atoms with van der Waals surface area (Å²) in [5.41, 5.74) is 6.51. The highest BCUT2D eigenvalue weighted by Crippen LogP contribution is 2.23. The Bertz CT molecular complexity index is 406. The number of piperidine rings is 1. The topological polar surface area (TPSA) is 51.4 Å². The van der Waals surface area contributed by atoms with Gasteiger partial charge in [0.05, 0.1) is 11.8 Å². The number of halogens is 1. The Balaban J connectivity index is 1.84. The number of ether oxygens (including phenoxy) is 1. The predicted molar refractivity (Wildman–Crippen MR) is 81.5 cm³/mol. The van der Waals surface area contributed by atoms with E-state index in [1.807, 2.05) is 6.92 Å². The molecule has 2 rings (SSSR count). The van der Waals surface area contributed by atoms with Crippen molar-refractivity contribution in [3.05, 3.63) is 22.3 Å². The lowest BCUT2D eigenvalue weighted by Gasteiger charge is -2.33. The average molecular weight is 328 g/mol. The molecule has 0 saturated carbocycles. The molecule has 2 N–H and O–H groups in total. The highest BCUT2D eigenvalue weighted by molar-refractivity contribution is 9.10. The van der Waals surface area contributed by atoms with Gasteiger partial charge in [-0.15, -0.1) is 0 Å². The second-order valence-corrected chi connectivity index (χ2v) is 5.79. The maximum Gasteiger partial charge on any atom is 0.128 e. The van der Waals surface area contributed by atoms with Crippen LogP contribution in [-0.4, -0.2) is 37.3 Å². The van der Waals surface area contributed by atoms with Crippen molar-refractivity contribution < 1.29 is 4.74 Å². The molecular weight excluding hydrogens is 306 g/mol. The number of nitrogens with zero attached hydrogens (tertiary/aromatic N) is 2. The van der Waals surface area contributed by atoms with Crippen molar-refractivity contribution in [2.24, 2.45) is 5.73 Å². The zero-order valence-corrected chi connectivity index (χ0v) is 13.0. The first kappa shape index (κ1) is 14.8. The standard InChI is InChI=1S/C14H22BrN3O/c1-11-13(15)3-4-14(17-11)18-8-5-12(6-9-18)19-10-2-7-16/h3-4,12H,2,5-10,16H2,1H3. The lowest BCUT2D eigenvalue weighted by atomic mass is 10.1. The summed E-state index contributed by atoms with van der Waals surface area (Å²) in [6.07, 6.45) is 3.48. The molecule has 106 valence electrons. The van der Waals surface area contributed by atoms with Gasteiger partial charge in [0.25, 0.3) is 0 Å². The summed E-state index contributed by atoms with van der Waals surface area (Å²) < 4.78 is 6.88. The number of aromatic nitrogens is 1. The minimum absolute atomic E-state index is 0.388. The van der Waals surface area contributed by atoms with E-state index in [4.69, 9.17) is 10.5 Å². The first-order valence-corrected chi connectivity index (χ1v) is 7.70. The van der Waals surface area contributed by atoms with E-state index in [9.17, 15) is 0 Å². The van der Waals surface area contributed by atoms with Crippen molar-refractivity contribution in [2.45, 2.75) is 32.3 Å². The van der Waals surface area contributed by atoms with Crippen LogP contribution in [0, 0.1) is 6.92 Å². The van der Waals surface area contributed by atoms with E-state index in [1.165, 1.54) is 0 Å². The van der Waals surface area contributed by atoms with Crippen molar-refractivity contribution in [3.63, 3.8) is 0 Å². The van der Waals surface area contributed by atoms with Crippen LogP contribution in [0.1, 0.15) is 25.0 Å². The van der Waals surface area contributed by atoms with Gasteiger partial charge >= 0.3 is 0 Å². The van der Waals surface area contributed by atoms with E-state index in [0.717, 1.165) is 54.9 Å². The predicted octanol–water partition coefficient (Wildman–Crippen LogP) is 2.49. The first-order chi connectivity index (χ1) is 9.20. The van der Waals surface area contributed by atoms with Crippen LogP contribution in [0.25, 0.3) is 0 Å². The summed E-state index contributed by atoms with van der Waals surface area (Å²) in [4.78, 5) is 6.95. The van der Waals surface area contributed by atoms with Crippen molar-refractivity contribution in [1.29, 1.82) is 0 Å². The third-order valence-electron chi connectivity index (χ3n) is 3.47. The molecule has 1 aromatic rings. The normalized spacial score (nSPS) is 16.9. The van der Waals surface area contributed by atoms with E-state index < -0.39 is 0 Å². The third kappa shape index (κ3) is 4.16. The number of rotatable bonds is 5. The second kappa shape index (κ2) is 7.22. The minimum atomic E-state index is 0.388. The van der Waals surface area contributed by atoms with Crippen LogP contribution in [0.15, 0.2) is 16.6 Å². The van der Waals surface area contributed by atoms with Crippen LogP contribution in [0.2, 0.25) is 0 Å². The van der Waals surface area contributed by atoms with Crippen LogP contribution in [0.3, 0.4) is 0 Å². The molecule has 5 heteroatoms. The smallest absolute Gasteiger partial charge is 0.128 e. The fraction of sp³-hybridized carbons (Fsp3) is 0.643. The van der Waals surface area contributed by atoms with Crippen LogP contribution < -0.4 is 10.6 Å². The van der Waals surface area contributed by atoms with Gasteiger partial charge in [0.15, 0.2) is 0 Å². The number of pyridine rings is 1. The number of hydrogen-bond donors (Lipinski definition) is 1. The van der Waals surface area contributed by atoms with Crippen LogP contribution in [-0.2, 0) is 4.74 Å². The van der Waals surface area contributed by atoms with Crippen LogP contribution in [0.5, 0.6) is 0 Å². The fourth-order valence-corrected chi connectivity index (χ4v) is 2.51. The van der Waals surface area contributed by atoms with Gasteiger partial charge in [0.2, 0.25) is 0 Å². The molecule has 4 nitrogen and oxygen atoms in total. The Hall–Kier alpha value is -0.650. The highest BCUT2D eigenvalue weighted by Gasteiger charge is 2.20. The Morgan fingerprint density at radius 1 is 1.42 bits per heavy atom. The van der Waals surface area contributed by atoms with E-state index in [1.54, 1.807) is 0 Å². The largest absolute Gasteiger partial charge is 0.378 e. The van der Waals surface area contributed by atoms with Crippen molar-refractivity contribution in [3.8, 4) is 0 Å². The van der Waals surface area contributed by atoms with E-state index in [-0.39, 0.29) is 0 Å². The summed E-state index contributed by atoms with van der Waals surface area (Å²) in [7, 11) is 0. The molecule has 19 heavy (non-hydrogen) atoms. The maximum atomic E-state index is 5.82. The number of nitrogens with two attached hydrogens (primary N) is 1. The summed E-state index contributed by atoms with van der Waals surface area (Å²) >= 11 is 3.49. The summed E-state index contributed by atoms with van der Waals surface area (Å²) in [6.45, 7) is 5.55. The highest BCUT2D eigenvalue weighted by atomic mass is 79.9. The average Bonchev–Trinajstić information content (AvgIpc) is 2.43. The zero-order chi connectivity index (χ0) is 13.7. The molecule has 0 amide bonds. The number of hydrogen-bond acceptors (Lipinski definition) is 4. The Morgan fingerprint density at radius 2 is 2.16 bits per heavy atom. The Morgan fingerprint density at radius 3 is 2.79 bits per heavy atom. The Labute approximate surface area is 123 Å². The van der Waals surface area contributed by atoms with Crippen molar-refractivity contribution >= 4 is 21.7 Å². The molecule has 2 heterocycles. The van der Waals surface area contributed by atoms with Crippen LogP contribution in [0.4, 0.5) is 5.82 Å². The summed E-state index contributed by atoms with van der Waals surface area (Å²) in [5, 5.41) is 0. The van der Waals surface area contributed by atoms with Gasteiger partial charge in [0, 0.05) is 24.2 Å². The van der Waals surface area contributed by atoms with E-state index in [2.05, 4.69) is 37.9 Å². The molecule has 0 bridgehead atoms. The molecule has 0 aromatic carbocycles. The van der Waals surface area contributed by atoms with Gasteiger partial charge in [-0.3, -0.25) is 0 Å². The molecule has 0 aliphatic carbocycles. The molecule has 0 atom stereocenters. The van der Waals surface area contributed by atoms with Gasteiger partial charge in [-0.1, -0.05) is 0 Å². The molecule has 1 aliphatic rings. The minimum Gasteiger partial charge on any atom is -0.378 e. The first-order valence-electron chi connectivity index (χ1n) is 6.90. The molecule has 1 aromatic heterocycles. The fourth-order valence-electron chi connectivity index (χ4n) is 2.29. The third-order valence-corrected chi connectivity index (χ3v) is 4.31. The lowest BCUT2D eigenvalue weighted by Crippen LogP contribution is -2.37. The molecule has 1 fully saturated rings. The zero-order valence-electron chi connectivity index (χ0n) is 11.4. The monoisotopic (exact) mass is 327 g/mol. The van der Waals surface area contributed by atoms with Gasteiger partial charge in [-0.2, -0.15) is 0 Å². The van der Waals surface area contributed by atoms with Gasteiger partial charge in [-0.05, 0) is 60.8 Å². The maximum absolute atomic E-state index is 5.82. The molecule has 0 spiro atoms. The van der Waals surface area contributed by atoms with Crippen LogP contribution >= 0.6 is 15.9 Å². The van der Waals surface area contributed by atoms with Gasteiger partial charge in [0.1, 0.15) is 5.82 Å². The Kier molecular flexibility index (Phi) is 5.60. The van der Waals surface area contributed by atoms with Crippen molar-refractivity contribution in [2.75, 3.05) is 31.1 Å². The molecule has 0 unspecified atom stereocenters. The quantitative estimate of drug-likeness (QED) is 0.844. The SMILES string of the molecule is Cc1nc(N2CCC(OCCCN)CC2)ccc1Br. The van der Waals surface area contributed by atoms with Gasteiger partial charge < -0.3 is 15.4 Å². The molecule has 1 saturated heterocycles. The lowest BCUT2D eigenvalue weighted by molar-refractivity contribution is 0.0365. The molecule has 0 radical (unpaired) electrons. The van der Waals surface area contributed by atoms with Crippen molar-refractivity contribution in [1.82, 2.24) is 4.98 Å².